The second-order valence-corrected chi connectivity index (χ2v) is 7.06. The van der Waals surface area contributed by atoms with Gasteiger partial charge in [-0.05, 0) is 45.7 Å². The number of amides is 2. The zero-order valence-corrected chi connectivity index (χ0v) is 14.8. The Morgan fingerprint density at radius 1 is 1.04 bits per heavy atom. The molecule has 2 aliphatic heterocycles. The maximum absolute atomic E-state index is 12.6. The minimum atomic E-state index is -4.40. The summed E-state index contributed by atoms with van der Waals surface area (Å²) in [7, 11) is 0. The molecular formula is C17H28F3N3O2. The fourth-order valence-electron chi connectivity index (χ4n) is 3.58. The molecule has 0 aliphatic carbocycles. The van der Waals surface area contributed by atoms with Crippen molar-refractivity contribution in [3.63, 3.8) is 0 Å². The number of alkyl halides is 3. The predicted molar refractivity (Wildman–Crippen MR) is 87.9 cm³/mol. The SMILES string of the molecule is CC(C(=O)NCC(F)(F)F)N1CCC(C(=O)N2CCCCCC2)CC1. The molecule has 0 radical (unpaired) electrons. The van der Waals surface area contributed by atoms with Gasteiger partial charge in [-0.3, -0.25) is 14.5 Å². The number of likely N-dealkylation sites (tertiary alicyclic amines) is 2. The molecule has 1 unspecified atom stereocenters. The zero-order chi connectivity index (χ0) is 18.4. The van der Waals surface area contributed by atoms with E-state index in [-0.39, 0.29) is 11.8 Å². The summed E-state index contributed by atoms with van der Waals surface area (Å²) in [5.74, 6) is -0.440. The van der Waals surface area contributed by atoms with Crippen LogP contribution in [0.3, 0.4) is 0 Å². The number of hydrogen-bond donors (Lipinski definition) is 1. The Bertz CT molecular complexity index is 455. The molecule has 0 bridgehead atoms. The van der Waals surface area contributed by atoms with Gasteiger partial charge in [0.2, 0.25) is 11.8 Å². The summed E-state index contributed by atoms with van der Waals surface area (Å²) in [6, 6.07) is -0.614. The molecule has 1 atom stereocenters. The summed E-state index contributed by atoms with van der Waals surface area (Å²) >= 11 is 0. The smallest absolute Gasteiger partial charge is 0.346 e. The molecule has 2 saturated heterocycles. The third kappa shape index (κ3) is 6.17. The molecular weight excluding hydrogens is 335 g/mol. The van der Waals surface area contributed by atoms with Crippen molar-refractivity contribution in [1.82, 2.24) is 15.1 Å². The van der Waals surface area contributed by atoms with Gasteiger partial charge in [-0.25, -0.2) is 0 Å². The Labute approximate surface area is 146 Å². The van der Waals surface area contributed by atoms with E-state index in [1.807, 2.05) is 15.1 Å². The van der Waals surface area contributed by atoms with E-state index < -0.39 is 24.7 Å². The van der Waals surface area contributed by atoms with Gasteiger partial charge < -0.3 is 10.2 Å². The molecule has 2 amide bonds. The van der Waals surface area contributed by atoms with Crippen LogP contribution in [0, 0.1) is 5.92 Å². The molecule has 1 N–H and O–H groups in total. The van der Waals surface area contributed by atoms with Crippen LogP contribution in [0.4, 0.5) is 13.2 Å². The number of piperidine rings is 1. The third-order valence-corrected chi connectivity index (χ3v) is 5.19. The second kappa shape index (κ2) is 8.87. The van der Waals surface area contributed by atoms with Gasteiger partial charge in [-0.2, -0.15) is 13.2 Å². The molecule has 0 spiro atoms. The Kier molecular flexibility index (Phi) is 7.10. The molecule has 2 aliphatic rings. The van der Waals surface area contributed by atoms with Crippen molar-refractivity contribution >= 4 is 11.8 Å². The molecule has 144 valence electrons. The summed E-state index contributed by atoms with van der Waals surface area (Å²) in [5.41, 5.74) is 0. The van der Waals surface area contributed by atoms with Crippen LogP contribution in [0.5, 0.6) is 0 Å². The van der Waals surface area contributed by atoms with E-state index in [1.54, 1.807) is 6.92 Å². The number of nitrogens with zero attached hydrogens (tertiary/aromatic N) is 2. The molecule has 2 fully saturated rings. The number of nitrogens with one attached hydrogen (secondary N) is 1. The van der Waals surface area contributed by atoms with Crippen LogP contribution in [0.25, 0.3) is 0 Å². The van der Waals surface area contributed by atoms with Gasteiger partial charge >= 0.3 is 6.18 Å². The molecule has 0 aromatic heterocycles. The highest BCUT2D eigenvalue weighted by atomic mass is 19.4. The van der Waals surface area contributed by atoms with Crippen molar-refractivity contribution in [2.75, 3.05) is 32.7 Å². The van der Waals surface area contributed by atoms with Crippen molar-refractivity contribution in [2.45, 2.75) is 57.7 Å². The lowest BCUT2D eigenvalue weighted by atomic mass is 9.94. The average Bonchev–Trinajstić information content (AvgIpc) is 2.87. The van der Waals surface area contributed by atoms with Gasteiger partial charge in [0.05, 0.1) is 6.04 Å². The van der Waals surface area contributed by atoms with E-state index in [0.29, 0.717) is 25.9 Å². The molecule has 2 heterocycles. The number of halogens is 3. The first-order valence-corrected chi connectivity index (χ1v) is 9.15. The minimum absolute atomic E-state index is 0.0280. The van der Waals surface area contributed by atoms with E-state index in [2.05, 4.69) is 0 Å². The number of rotatable bonds is 4. The normalized spacial score (nSPS) is 22.3. The van der Waals surface area contributed by atoms with Crippen LogP contribution in [0.2, 0.25) is 0 Å². The Morgan fingerprint density at radius 3 is 2.12 bits per heavy atom. The van der Waals surface area contributed by atoms with Crippen LogP contribution < -0.4 is 5.32 Å². The van der Waals surface area contributed by atoms with Crippen molar-refractivity contribution in [2.24, 2.45) is 5.92 Å². The van der Waals surface area contributed by atoms with E-state index in [4.69, 9.17) is 0 Å². The van der Waals surface area contributed by atoms with E-state index in [0.717, 1.165) is 25.9 Å². The molecule has 0 aromatic carbocycles. The van der Waals surface area contributed by atoms with Gasteiger partial charge in [0.25, 0.3) is 0 Å². The lowest BCUT2D eigenvalue weighted by molar-refractivity contribution is -0.142. The highest BCUT2D eigenvalue weighted by Gasteiger charge is 2.33. The van der Waals surface area contributed by atoms with Crippen molar-refractivity contribution in [3.05, 3.63) is 0 Å². The lowest BCUT2D eigenvalue weighted by Gasteiger charge is -2.36. The third-order valence-electron chi connectivity index (χ3n) is 5.19. The second-order valence-electron chi connectivity index (χ2n) is 7.06. The largest absolute Gasteiger partial charge is 0.405 e. The van der Waals surface area contributed by atoms with Crippen molar-refractivity contribution in [3.8, 4) is 0 Å². The van der Waals surface area contributed by atoms with E-state index in [9.17, 15) is 22.8 Å². The predicted octanol–water partition coefficient (Wildman–Crippen LogP) is 2.17. The quantitative estimate of drug-likeness (QED) is 0.833. The first kappa shape index (κ1) is 20.0. The van der Waals surface area contributed by atoms with Gasteiger partial charge in [-0.15, -0.1) is 0 Å². The first-order chi connectivity index (χ1) is 11.8. The Balaban J connectivity index is 1.78. The van der Waals surface area contributed by atoms with Gasteiger partial charge in [0.15, 0.2) is 0 Å². The molecule has 5 nitrogen and oxygen atoms in total. The van der Waals surface area contributed by atoms with Crippen molar-refractivity contribution in [1.29, 1.82) is 0 Å². The minimum Gasteiger partial charge on any atom is -0.346 e. The lowest BCUT2D eigenvalue weighted by Crippen LogP contribution is -2.51. The highest BCUT2D eigenvalue weighted by Crippen LogP contribution is 2.23. The summed E-state index contributed by atoms with van der Waals surface area (Å²) < 4.78 is 36.6. The van der Waals surface area contributed by atoms with E-state index >= 15 is 0 Å². The maximum Gasteiger partial charge on any atom is 0.405 e. The number of hydrogen-bond acceptors (Lipinski definition) is 3. The maximum atomic E-state index is 12.6. The summed E-state index contributed by atoms with van der Waals surface area (Å²) in [5, 5.41) is 1.93. The Morgan fingerprint density at radius 2 is 1.60 bits per heavy atom. The summed E-state index contributed by atoms with van der Waals surface area (Å²) in [6.07, 6.45) is 1.38. The average molecular weight is 363 g/mol. The summed E-state index contributed by atoms with van der Waals surface area (Å²) in [4.78, 5) is 28.3. The van der Waals surface area contributed by atoms with Crippen LogP contribution in [0.15, 0.2) is 0 Å². The van der Waals surface area contributed by atoms with Gasteiger partial charge in [-0.1, -0.05) is 12.8 Å². The molecule has 8 heteroatoms. The van der Waals surface area contributed by atoms with Gasteiger partial charge in [0.1, 0.15) is 6.54 Å². The molecule has 0 saturated carbocycles. The first-order valence-electron chi connectivity index (χ1n) is 9.15. The molecule has 25 heavy (non-hydrogen) atoms. The van der Waals surface area contributed by atoms with Crippen LogP contribution in [-0.4, -0.2) is 66.6 Å². The summed E-state index contributed by atoms with van der Waals surface area (Å²) in [6.45, 7) is 3.09. The zero-order valence-electron chi connectivity index (χ0n) is 14.8. The fraction of sp³-hybridized carbons (Fsp3) is 0.882. The fourth-order valence-corrected chi connectivity index (χ4v) is 3.58. The topological polar surface area (TPSA) is 52.7 Å². The number of carbonyl (C=O) groups excluding carboxylic acids is 2. The van der Waals surface area contributed by atoms with Crippen LogP contribution in [-0.2, 0) is 9.59 Å². The van der Waals surface area contributed by atoms with E-state index in [1.165, 1.54) is 12.8 Å². The number of carbonyl (C=O) groups is 2. The standard InChI is InChI=1S/C17H28F3N3O2/c1-13(15(24)21-12-17(18,19)20)22-10-6-14(7-11-22)16(25)23-8-4-2-3-5-9-23/h13-14H,2-12H2,1H3,(H,21,24). The van der Waals surface area contributed by atoms with Crippen LogP contribution in [0.1, 0.15) is 45.4 Å². The van der Waals surface area contributed by atoms with Crippen molar-refractivity contribution < 1.29 is 22.8 Å². The van der Waals surface area contributed by atoms with Crippen LogP contribution >= 0.6 is 0 Å². The monoisotopic (exact) mass is 363 g/mol. The molecule has 0 aromatic rings. The Hall–Kier alpha value is -1.31. The highest BCUT2D eigenvalue weighted by molar-refractivity contribution is 5.81. The van der Waals surface area contributed by atoms with Gasteiger partial charge in [0, 0.05) is 19.0 Å². The molecule has 2 rings (SSSR count).